The average molecular weight is 321 g/mol. The Kier molecular flexibility index (Phi) is 5.12. The predicted octanol–water partition coefficient (Wildman–Crippen LogP) is 2.05. The lowest BCUT2D eigenvalue weighted by Gasteiger charge is -2.15. The van der Waals surface area contributed by atoms with Crippen LogP contribution in [0.3, 0.4) is 0 Å². The molecule has 1 fully saturated rings. The molecule has 1 unspecified atom stereocenters. The Hall–Kier alpha value is -0.560. The minimum Gasteiger partial charge on any atom is -0.380 e. The van der Waals surface area contributed by atoms with E-state index in [4.69, 9.17) is 16.3 Å². The smallest absolute Gasteiger partial charge is 0.244 e. The van der Waals surface area contributed by atoms with Gasteiger partial charge in [-0.2, -0.15) is 4.31 Å². The van der Waals surface area contributed by atoms with Crippen LogP contribution >= 0.6 is 11.6 Å². The van der Waals surface area contributed by atoms with Crippen LogP contribution in [-0.4, -0.2) is 43.6 Å². The van der Waals surface area contributed by atoms with E-state index in [0.717, 1.165) is 25.1 Å². The Morgan fingerprint density at radius 3 is 2.80 bits per heavy atom. The van der Waals surface area contributed by atoms with Crippen LogP contribution < -0.4 is 0 Å². The zero-order valence-corrected chi connectivity index (χ0v) is 13.5. The van der Waals surface area contributed by atoms with Crippen LogP contribution in [0.25, 0.3) is 0 Å². The maximum absolute atomic E-state index is 12.6. The first-order valence-corrected chi connectivity index (χ1v) is 8.78. The van der Waals surface area contributed by atoms with Crippen LogP contribution in [0.1, 0.15) is 25.5 Å². The van der Waals surface area contributed by atoms with E-state index in [1.165, 1.54) is 4.31 Å². The molecule has 1 aliphatic heterocycles. The standard InChI is InChI=1S/C13H21ClN2O3S/c1-3-5-15-10-13(7-11(15)8-14)20(17,18)16-6-4-12(9-16)19-2/h7,10,12H,3-6,8-9H2,1-2H3. The minimum absolute atomic E-state index is 0.00463. The predicted molar refractivity (Wildman–Crippen MR) is 78.5 cm³/mol. The molecule has 0 bridgehead atoms. The van der Waals surface area contributed by atoms with Gasteiger partial charge in [-0.05, 0) is 18.9 Å². The first kappa shape index (κ1) is 15.8. The van der Waals surface area contributed by atoms with Crippen LogP contribution in [0.2, 0.25) is 0 Å². The summed E-state index contributed by atoms with van der Waals surface area (Å²) in [6.07, 6.45) is 3.37. The number of rotatable bonds is 6. The first-order chi connectivity index (χ1) is 9.52. The molecule has 0 aliphatic carbocycles. The second kappa shape index (κ2) is 6.47. The molecule has 0 aromatic carbocycles. The summed E-state index contributed by atoms with van der Waals surface area (Å²) in [5.74, 6) is 0.316. The summed E-state index contributed by atoms with van der Waals surface area (Å²) in [5.41, 5.74) is 0.842. The summed E-state index contributed by atoms with van der Waals surface area (Å²) in [5, 5.41) is 0. The van der Waals surface area contributed by atoms with Crippen molar-refractivity contribution in [3.8, 4) is 0 Å². The molecule has 0 saturated carbocycles. The van der Waals surface area contributed by atoms with Gasteiger partial charge in [0.1, 0.15) is 4.90 Å². The number of halogens is 1. The summed E-state index contributed by atoms with van der Waals surface area (Å²) in [4.78, 5) is 0.332. The van der Waals surface area contributed by atoms with Gasteiger partial charge in [0, 0.05) is 38.6 Å². The highest BCUT2D eigenvalue weighted by Crippen LogP contribution is 2.24. The summed E-state index contributed by atoms with van der Waals surface area (Å²) in [6, 6.07) is 1.68. The summed E-state index contributed by atoms with van der Waals surface area (Å²) < 4.78 is 33.8. The Labute approximate surface area is 125 Å². The quantitative estimate of drug-likeness (QED) is 0.754. The molecule has 1 aromatic heterocycles. The van der Waals surface area contributed by atoms with E-state index in [-0.39, 0.29) is 6.10 Å². The Morgan fingerprint density at radius 2 is 2.25 bits per heavy atom. The SMILES string of the molecule is CCCn1cc(S(=O)(=O)N2CCC(OC)C2)cc1CCl. The second-order valence-electron chi connectivity index (χ2n) is 5.00. The third-order valence-corrected chi connectivity index (χ3v) is 5.75. The van der Waals surface area contributed by atoms with Crippen molar-refractivity contribution in [2.75, 3.05) is 20.2 Å². The largest absolute Gasteiger partial charge is 0.380 e. The molecule has 1 atom stereocenters. The molecule has 2 heterocycles. The zero-order valence-electron chi connectivity index (χ0n) is 11.9. The fraction of sp³-hybridized carbons (Fsp3) is 0.692. The van der Waals surface area contributed by atoms with Crippen molar-refractivity contribution in [2.45, 2.75) is 43.2 Å². The molecule has 1 aromatic rings. The van der Waals surface area contributed by atoms with Crippen molar-refractivity contribution in [1.82, 2.24) is 8.87 Å². The van der Waals surface area contributed by atoms with E-state index in [2.05, 4.69) is 6.92 Å². The summed E-state index contributed by atoms with van der Waals surface area (Å²) in [6.45, 7) is 3.76. The second-order valence-corrected chi connectivity index (χ2v) is 7.21. The van der Waals surface area contributed by atoms with E-state index in [1.807, 2.05) is 4.57 Å². The van der Waals surface area contributed by atoms with Gasteiger partial charge in [-0.15, -0.1) is 11.6 Å². The van der Waals surface area contributed by atoms with Gasteiger partial charge in [-0.25, -0.2) is 8.42 Å². The molecule has 0 amide bonds. The fourth-order valence-electron chi connectivity index (χ4n) is 2.48. The number of sulfonamides is 1. The molecular formula is C13H21ClN2O3S. The first-order valence-electron chi connectivity index (χ1n) is 6.80. The molecule has 7 heteroatoms. The molecule has 1 saturated heterocycles. The Morgan fingerprint density at radius 1 is 1.50 bits per heavy atom. The van der Waals surface area contributed by atoms with Gasteiger partial charge in [0.05, 0.1) is 12.0 Å². The van der Waals surface area contributed by atoms with Crippen molar-refractivity contribution >= 4 is 21.6 Å². The molecule has 1 aliphatic rings. The molecular weight excluding hydrogens is 300 g/mol. The molecule has 0 radical (unpaired) electrons. The lowest BCUT2D eigenvalue weighted by molar-refractivity contribution is 0.115. The van der Waals surface area contributed by atoms with Gasteiger partial charge in [0.15, 0.2) is 0 Å². The Bertz CT molecular complexity index is 556. The number of hydrogen-bond acceptors (Lipinski definition) is 3. The van der Waals surface area contributed by atoms with Crippen molar-refractivity contribution < 1.29 is 13.2 Å². The maximum Gasteiger partial charge on any atom is 0.244 e. The van der Waals surface area contributed by atoms with E-state index in [9.17, 15) is 8.42 Å². The number of hydrogen-bond donors (Lipinski definition) is 0. The molecule has 0 spiro atoms. The zero-order chi connectivity index (χ0) is 14.8. The fourth-order valence-corrected chi connectivity index (χ4v) is 4.27. The van der Waals surface area contributed by atoms with E-state index >= 15 is 0 Å². The van der Waals surface area contributed by atoms with Gasteiger partial charge >= 0.3 is 0 Å². The van der Waals surface area contributed by atoms with Crippen molar-refractivity contribution in [3.05, 3.63) is 18.0 Å². The average Bonchev–Trinajstić information content (AvgIpc) is 3.05. The normalized spacial score (nSPS) is 20.6. The summed E-state index contributed by atoms with van der Waals surface area (Å²) in [7, 11) is -1.82. The molecule has 5 nitrogen and oxygen atoms in total. The van der Waals surface area contributed by atoms with Gasteiger partial charge in [0.25, 0.3) is 0 Å². The number of aromatic nitrogens is 1. The monoisotopic (exact) mass is 320 g/mol. The lowest BCUT2D eigenvalue weighted by atomic mass is 10.3. The van der Waals surface area contributed by atoms with Crippen LogP contribution in [0.4, 0.5) is 0 Å². The number of methoxy groups -OCH3 is 1. The number of alkyl halides is 1. The summed E-state index contributed by atoms with van der Waals surface area (Å²) >= 11 is 5.89. The van der Waals surface area contributed by atoms with E-state index in [1.54, 1.807) is 19.4 Å². The third-order valence-electron chi connectivity index (χ3n) is 3.64. The highest BCUT2D eigenvalue weighted by Gasteiger charge is 2.33. The number of ether oxygens (including phenoxy) is 1. The van der Waals surface area contributed by atoms with Gasteiger partial charge < -0.3 is 9.30 Å². The third kappa shape index (κ3) is 3.03. The molecule has 0 N–H and O–H groups in total. The van der Waals surface area contributed by atoms with Gasteiger partial charge in [-0.3, -0.25) is 0 Å². The van der Waals surface area contributed by atoms with Crippen LogP contribution in [0.15, 0.2) is 17.2 Å². The molecule has 114 valence electrons. The van der Waals surface area contributed by atoms with Crippen LogP contribution in [-0.2, 0) is 27.2 Å². The van der Waals surface area contributed by atoms with Gasteiger partial charge in [-0.1, -0.05) is 6.92 Å². The molecule has 20 heavy (non-hydrogen) atoms. The number of aryl methyl sites for hydroxylation is 1. The maximum atomic E-state index is 12.6. The van der Waals surface area contributed by atoms with Crippen molar-refractivity contribution in [2.24, 2.45) is 0 Å². The highest BCUT2D eigenvalue weighted by atomic mass is 35.5. The van der Waals surface area contributed by atoms with E-state index < -0.39 is 10.0 Å². The lowest BCUT2D eigenvalue weighted by Crippen LogP contribution is -2.29. The van der Waals surface area contributed by atoms with Crippen molar-refractivity contribution in [1.29, 1.82) is 0 Å². The van der Waals surface area contributed by atoms with Gasteiger partial charge in [0.2, 0.25) is 10.0 Å². The minimum atomic E-state index is -3.44. The number of nitrogens with zero attached hydrogens (tertiary/aromatic N) is 2. The Balaban J connectivity index is 2.26. The topological polar surface area (TPSA) is 51.5 Å². The highest BCUT2D eigenvalue weighted by molar-refractivity contribution is 7.89. The van der Waals surface area contributed by atoms with E-state index in [0.29, 0.717) is 23.9 Å². The van der Waals surface area contributed by atoms with Crippen molar-refractivity contribution in [3.63, 3.8) is 0 Å². The van der Waals surface area contributed by atoms with Crippen LogP contribution in [0, 0.1) is 0 Å². The van der Waals surface area contributed by atoms with Crippen LogP contribution in [0.5, 0.6) is 0 Å². The molecule has 2 rings (SSSR count).